The number of methoxy groups -OCH3 is 1. The van der Waals surface area contributed by atoms with Crippen molar-refractivity contribution in [1.82, 2.24) is 9.97 Å². The van der Waals surface area contributed by atoms with Crippen molar-refractivity contribution in [2.45, 2.75) is 19.4 Å². The molecule has 0 unspecified atom stereocenters. The number of hydrogen-bond acceptors (Lipinski definition) is 7. The molecular formula is C18H22N4O3. The molecule has 2 N–H and O–H groups in total. The molecule has 0 atom stereocenters. The van der Waals surface area contributed by atoms with E-state index in [2.05, 4.69) is 20.2 Å². The van der Waals surface area contributed by atoms with Crippen molar-refractivity contribution in [3.63, 3.8) is 0 Å². The summed E-state index contributed by atoms with van der Waals surface area (Å²) in [6.07, 6.45) is 3.24. The maximum absolute atomic E-state index is 11.7. The van der Waals surface area contributed by atoms with Crippen molar-refractivity contribution >= 4 is 17.7 Å². The van der Waals surface area contributed by atoms with Gasteiger partial charge in [0.15, 0.2) is 0 Å². The lowest BCUT2D eigenvalue weighted by molar-refractivity contribution is 0.0600. The first-order valence-electron chi connectivity index (χ1n) is 8.34. The molecule has 1 aromatic carbocycles. The molecular weight excluding hydrogens is 320 g/mol. The number of nitrogens with zero attached hydrogens (tertiary/aromatic N) is 3. The lowest BCUT2D eigenvalue weighted by Crippen LogP contribution is -2.31. The second-order valence-corrected chi connectivity index (χ2v) is 5.89. The number of carbonyl (C=O) groups excluding carboxylic acids is 1. The summed E-state index contributed by atoms with van der Waals surface area (Å²) in [5.74, 6) is 1.13. The number of aromatic nitrogens is 2. The van der Waals surface area contributed by atoms with Gasteiger partial charge in [-0.15, -0.1) is 0 Å². The third-order valence-corrected chi connectivity index (χ3v) is 4.22. The lowest BCUT2D eigenvalue weighted by atomic mass is 9.97. The number of anilines is 2. The Morgan fingerprint density at radius 3 is 3.04 bits per heavy atom. The summed E-state index contributed by atoms with van der Waals surface area (Å²) in [7, 11) is 1.39. The van der Waals surface area contributed by atoms with Gasteiger partial charge in [-0.05, 0) is 42.2 Å². The molecule has 0 amide bonds. The predicted molar refractivity (Wildman–Crippen MR) is 94.8 cm³/mol. The fourth-order valence-corrected chi connectivity index (χ4v) is 2.88. The van der Waals surface area contributed by atoms with Crippen LogP contribution in [0.25, 0.3) is 0 Å². The number of fused-ring (bicyclic) bond motifs is 1. The van der Waals surface area contributed by atoms with Crippen LogP contribution in [0.15, 0.2) is 30.5 Å². The molecule has 7 nitrogen and oxygen atoms in total. The number of carbonyl (C=O) groups is 1. The Balaban J connectivity index is 1.72. The quantitative estimate of drug-likeness (QED) is 0.609. The highest BCUT2D eigenvalue weighted by molar-refractivity contribution is 5.89. The van der Waals surface area contributed by atoms with E-state index in [1.165, 1.54) is 18.2 Å². The number of ether oxygens (including phenoxy) is 1. The zero-order valence-electron chi connectivity index (χ0n) is 14.2. The molecule has 0 aliphatic carbocycles. The van der Waals surface area contributed by atoms with Gasteiger partial charge in [0.05, 0.1) is 12.7 Å². The minimum Gasteiger partial charge on any atom is -0.465 e. The van der Waals surface area contributed by atoms with Crippen molar-refractivity contribution in [1.29, 1.82) is 0 Å². The second kappa shape index (κ2) is 7.94. The number of aliphatic hydroxyl groups excluding tert-OH is 1. The highest BCUT2D eigenvalue weighted by Crippen LogP contribution is 2.24. The largest absolute Gasteiger partial charge is 0.465 e. The third-order valence-electron chi connectivity index (χ3n) is 4.22. The molecule has 7 heteroatoms. The molecule has 0 radical (unpaired) electrons. The average Bonchev–Trinajstić information content (AvgIpc) is 2.67. The van der Waals surface area contributed by atoms with Crippen LogP contribution in [0.3, 0.4) is 0 Å². The maximum atomic E-state index is 11.7. The highest BCUT2D eigenvalue weighted by Gasteiger charge is 2.19. The van der Waals surface area contributed by atoms with E-state index in [0.29, 0.717) is 24.5 Å². The van der Waals surface area contributed by atoms with E-state index in [4.69, 9.17) is 9.84 Å². The monoisotopic (exact) mass is 342 g/mol. The van der Waals surface area contributed by atoms with Crippen LogP contribution in [-0.4, -0.2) is 47.8 Å². The Bertz CT molecular complexity index is 751. The van der Waals surface area contributed by atoms with Crippen LogP contribution in [0.1, 0.15) is 27.9 Å². The van der Waals surface area contributed by atoms with E-state index in [9.17, 15) is 4.79 Å². The summed E-state index contributed by atoms with van der Waals surface area (Å²) in [6, 6.07) is 7.59. The zero-order valence-corrected chi connectivity index (χ0v) is 14.2. The van der Waals surface area contributed by atoms with Crippen LogP contribution in [0.5, 0.6) is 0 Å². The molecule has 1 aromatic heterocycles. The third kappa shape index (κ3) is 4.06. The van der Waals surface area contributed by atoms with Gasteiger partial charge in [0.1, 0.15) is 5.82 Å². The number of esters is 1. The number of benzene rings is 1. The minimum absolute atomic E-state index is 0.142. The average molecular weight is 342 g/mol. The molecule has 2 aromatic rings. The zero-order chi connectivity index (χ0) is 17.6. The molecule has 132 valence electrons. The van der Waals surface area contributed by atoms with Gasteiger partial charge in [-0.25, -0.2) is 9.78 Å². The number of rotatable bonds is 6. The first-order valence-corrected chi connectivity index (χ1v) is 8.34. The van der Waals surface area contributed by atoms with Crippen molar-refractivity contribution < 1.29 is 14.6 Å². The standard InChI is InChI=1S/C18H22N4O3/c1-25-17(24)14-3-4-15-12-22(9-6-13(15)11-14)16-5-8-20-18(21-16)19-7-2-10-23/h3-5,8,11,23H,2,6-7,9-10,12H2,1H3,(H,19,20,21). The SMILES string of the molecule is COC(=O)c1ccc2c(c1)CCN(c1ccnc(NCCCO)n1)C2. The molecule has 25 heavy (non-hydrogen) atoms. The van der Waals surface area contributed by atoms with Gasteiger partial charge >= 0.3 is 5.97 Å². The van der Waals surface area contributed by atoms with Crippen LogP contribution in [0.4, 0.5) is 11.8 Å². The predicted octanol–water partition coefficient (Wildman–Crippen LogP) is 1.62. The molecule has 0 bridgehead atoms. The first kappa shape index (κ1) is 17.2. The Kier molecular flexibility index (Phi) is 5.45. The van der Waals surface area contributed by atoms with Gasteiger partial charge in [0.2, 0.25) is 5.95 Å². The summed E-state index contributed by atoms with van der Waals surface area (Å²) < 4.78 is 4.78. The summed E-state index contributed by atoms with van der Waals surface area (Å²) in [5.41, 5.74) is 2.95. The molecule has 2 heterocycles. The Morgan fingerprint density at radius 2 is 2.24 bits per heavy atom. The van der Waals surface area contributed by atoms with Gasteiger partial charge in [-0.1, -0.05) is 6.07 Å². The fraction of sp³-hybridized carbons (Fsp3) is 0.389. The minimum atomic E-state index is -0.306. The normalized spacial score (nSPS) is 13.3. The second-order valence-electron chi connectivity index (χ2n) is 5.89. The Morgan fingerprint density at radius 1 is 1.36 bits per heavy atom. The van der Waals surface area contributed by atoms with Crippen LogP contribution < -0.4 is 10.2 Å². The van der Waals surface area contributed by atoms with E-state index in [1.54, 1.807) is 12.3 Å². The van der Waals surface area contributed by atoms with Crippen molar-refractivity contribution in [3.05, 3.63) is 47.2 Å². The first-order chi connectivity index (χ1) is 12.2. The smallest absolute Gasteiger partial charge is 0.337 e. The van der Waals surface area contributed by atoms with E-state index in [1.807, 2.05) is 18.2 Å². The van der Waals surface area contributed by atoms with Crippen LogP contribution in [0, 0.1) is 0 Å². The summed E-state index contributed by atoms with van der Waals surface area (Å²) in [6.45, 7) is 2.34. The van der Waals surface area contributed by atoms with E-state index < -0.39 is 0 Å². The van der Waals surface area contributed by atoms with Crippen LogP contribution in [-0.2, 0) is 17.7 Å². The highest BCUT2D eigenvalue weighted by atomic mass is 16.5. The lowest BCUT2D eigenvalue weighted by Gasteiger charge is -2.30. The van der Waals surface area contributed by atoms with Crippen LogP contribution in [0.2, 0.25) is 0 Å². The topological polar surface area (TPSA) is 87.6 Å². The molecule has 0 fully saturated rings. The molecule has 3 rings (SSSR count). The van der Waals surface area contributed by atoms with E-state index in [-0.39, 0.29) is 12.6 Å². The van der Waals surface area contributed by atoms with E-state index in [0.717, 1.165) is 25.3 Å². The molecule has 1 aliphatic rings. The van der Waals surface area contributed by atoms with Crippen molar-refractivity contribution in [2.75, 3.05) is 37.0 Å². The molecule has 0 spiro atoms. The van der Waals surface area contributed by atoms with Gasteiger partial charge in [0.25, 0.3) is 0 Å². The fourth-order valence-electron chi connectivity index (χ4n) is 2.88. The number of nitrogens with one attached hydrogen (secondary N) is 1. The summed E-state index contributed by atoms with van der Waals surface area (Å²) >= 11 is 0. The van der Waals surface area contributed by atoms with E-state index >= 15 is 0 Å². The van der Waals surface area contributed by atoms with Gasteiger partial charge in [0, 0.05) is 32.4 Å². The maximum Gasteiger partial charge on any atom is 0.337 e. The molecule has 0 saturated heterocycles. The number of aliphatic hydroxyl groups is 1. The van der Waals surface area contributed by atoms with Gasteiger partial charge in [-0.2, -0.15) is 4.98 Å². The van der Waals surface area contributed by atoms with Gasteiger partial charge in [-0.3, -0.25) is 0 Å². The van der Waals surface area contributed by atoms with Gasteiger partial charge < -0.3 is 20.1 Å². The summed E-state index contributed by atoms with van der Waals surface area (Å²) in [5, 5.41) is 12.0. The Labute approximate surface area is 146 Å². The van der Waals surface area contributed by atoms with Crippen molar-refractivity contribution in [3.8, 4) is 0 Å². The Hall–Kier alpha value is -2.67. The van der Waals surface area contributed by atoms with Crippen LogP contribution >= 0.6 is 0 Å². The molecule has 0 saturated carbocycles. The summed E-state index contributed by atoms with van der Waals surface area (Å²) in [4.78, 5) is 22.6. The number of hydrogen-bond donors (Lipinski definition) is 2. The molecule has 1 aliphatic heterocycles. The van der Waals surface area contributed by atoms with Crippen molar-refractivity contribution in [2.24, 2.45) is 0 Å².